The zero-order valence-corrected chi connectivity index (χ0v) is 25.2. The Balaban J connectivity index is 1.84. The third kappa shape index (κ3) is 8.39. The first kappa shape index (κ1) is 29.3. The van der Waals surface area contributed by atoms with Crippen LogP contribution in [0.15, 0.2) is 42.9 Å². The number of carbonyl (C=O) groups excluding carboxylic acids is 1. The summed E-state index contributed by atoms with van der Waals surface area (Å²) in [6.07, 6.45) is 5.62. The molecule has 0 atom stereocenters. The monoisotopic (exact) mass is 538 g/mol. The lowest BCUT2D eigenvalue weighted by atomic mass is 9.99. The van der Waals surface area contributed by atoms with Gasteiger partial charge in [0.25, 0.3) is 0 Å². The van der Waals surface area contributed by atoms with Crippen LogP contribution in [0.3, 0.4) is 0 Å². The molecule has 0 spiro atoms. The Morgan fingerprint density at radius 3 is 2.47 bits per heavy atom. The maximum atomic E-state index is 12.2. The number of benzene rings is 1. The fourth-order valence-corrected chi connectivity index (χ4v) is 4.56. The molecule has 10 heteroatoms. The van der Waals surface area contributed by atoms with Crippen molar-refractivity contribution in [3.05, 3.63) is 54.0 Å². The summed E-state index contributed by atoms with van der Waals surface area (Å²) in [4.78, 5) is 21.3. The Kier molecular flexibility index (Phi) is 8.99. The third-order valence-corrected chi connectivity index (χ3v) is 11.1. The number of alkyl carbamates (subject to hydrolysis) is 1. The van der Waals surface area contributed by atoms with Crippen LogP contribution in [0.1, 0.15) is 52.7 Å². The van der Waals surface area contributed by atoms with E-state index in [0.717, 1.165) is 34.5 Å². The molecule has 0 aliphatic carbocycles. The molecular formula is C28H42N6O3Si. The molecule has 0 fully saturated rings. The van der Waals surface area contributed by atoms with Gasteiger partial charge in [-0.15, -0.1) is 0 Å². The van der Waals surface area contributed by atoms with Crippen molar-refractivity contribution in [3.8, 4) is 11.3 Å². The minimum atomic E-state index is -1.89. The molecular weight excluding hydrogens is 496 g/mol. The van der Waals surface area contributed by atoms with E-state index in [9.17, 15) is 4.79 Å². The Morgan fingerprint density at radius 2 is 1.84 bits per heavy atom. The van der Waals surface area contributed by atoms with Crippen molar-refractivity contribution in [1.82, 2.24) is 25.1 Å². The van der Waals surface area contributed by atoms with E-state index in [2.05, 4.69) is 60.6 Å². The first-order chi connectivity index (χ1) is 17.6. The van der Waals surface area contributed by atoms with E-state index in [4.69, 9.17) is 14.1 Å². The van der Waals surface area contributed by atoms with Gasteiger partial charge in [0.1, 0.15) is 5.60 Å². The minimum Gasteiger partial charge on any atom is -0.444 e. The molecule has 0 unspecified atom stereocenters. The summed E-state index contributed by atoms with van der Waals surface area (Å²) in [6.45, 7) is 17.8. The van der Waals surface area contributed by atoms with E-state index in [1.807, 2.05) is 52.2 Å². The molecule has 1 aromatic carbocycles. The van der Waals surface area contributed by atoms with Gasteiger partial charge in [0.05, 0.1) is 17.6 Å². The number of amides is 1. The lowest BCUT2D eigenvalue weighted by molar-refractivity contribution is 0.0523. The first-order valence-corrected chi connectivity index (χ1v) is 15.9. The van der Waals surface area contributed by atoms with Crippen LogP contribution in [0.2, 0.25) is 18.1 Å². The average Bonchev–Trinajstić information content (AvgIpc) is 3.20. The van der Waals surface area contributed by atoms with Crippen LogP contribution in [0.4, 0.5) is 16.4 Å². The normalized spacial score (nSPS) is 12.3. The predicted octanol–water partition coefficient (Wildman–Crippen LogP) is 6.21. The number of hydrogen-bond donors (Lipinski definition) is 2. The minimum absolute atomic E-state index is 0.133. The summed E-state index contributed by atoms with van der Waals surface area (Å²) in [6, 6.07) is 8.06. The highest BCUT2D eigenvalue weighted by atomic mass is 28.4. The molecule has 206 valence electrons. The topological polar surface area (TPSA) is 103 Å². The van der Waals surface area contributed by atoms with Gasteiger partial charge in [0.2, 0.25) is 5.95 Å². The molecule has 2 aromatic heterocycles. The number of nitrogens with zero attached hydrogens (tertiary/aromatic N) is 4. The van der Waals surface area contributed by atoms with Gasteiger partial charge >= 0.3 is 6.09 Å². The van der Waals surface area contributed by atoms with E-state index in [1.165, 1.54) is 0 Å². The van der Waals surface area contributed by atoms with E-state index in [-0.39, 0.29) is 5.04 Å². The fourth-order valence-electron chi connectivity index (χ4n) is 3.52. The molecule has 3 rings (SSSR count). The molecule has 0 radical (unpaired) electrons. The molecule has 0 saturated carbocycles. The average molecular weight is 539 g/mol. The maximum absolute atomic E-state index is 12.2. The lowest BCUT2D eigenvalue weighted by Crippen LogP contribution is -2.41. The number of ether oxygens (including phenoxy) is 1. The van der Waals surface area contributed by atoms with Crippen LogP contribution in [0.25, 0.3) is 11.3 Å². The standard InChI is InChI=1S/C28H42N6O3Si/c1-27(2,3)37-26(35)30-17-20-10-11-23(21(16-20)13-15-36-38(8,9)28(4,5)6)24-12-14-29-25(33-24)32-22-18-31-34(7)19-22/h10-12,14,16,18-19H,13,15,17H2,1-9H3,(H,30,35)(H,29,32,33). The largest absolute Gasteiger partial charge is 0.444 e. The predicted molar refractivity (Wildman–Crippen MR) is 154 cm³/mol. The number of hydrogen-bond acceptors (Lipinski definition) is 7. The Hall–Kier alpha value is -3.24. The highest BCUT2D eigenvalue weighted by Crippen LogP contribution is 2.36. The van der Waals surface area contributed by atoms with Crippen molar-refractivity contribution < 1.29 is 14.0 Å². The van der Waals surface area contributed by atoms with Crippen LogP contribution < -0.4 is 10.6 Å². The van der Waals surface area contributed by atoms with Crippen molar-refractivity contribution in [2.75, 3.05) is 11.9 Å². The van der Waals surface area contributed by atoms with Crippen molar-refractivity contribution in [3.63, 3.8) is 0 Å². The molecule has 0 saturated heterocycles. The molecule has 2 N–H and O–H groups in total. The molecule has 0 bridgehead atoms. The Bertz CT molecular complexity index is 1240. The second-order valence-corrected chi connectivity index (χ2v) is 16.8. The van der Waals surface area contributed by atoms with Gasteiger partial charge in [-0.2, -0.15) is 5.10 Å². The van der Waals surface area contributed by atoms with E-state index >= 15 is 0 Å². The van der Waals surface area contributed by atoms with Crippen molar-refractivity contribution in [1.29, 1.82) is 0 Å². The highest BCUT2D eigenvalue weighted by Gasteiger charge is 2.36. The van der Waals surface area contributed by atoms with E-state index < -0.39 is 20.0 Å². The van der Waals surface area contributed by atoms with E-state index in [1.54, 1.807) is 17.1 Å². The summed E-state index contributed by atoms with van der Waals surface area (Å²) < 4.78 is 13.6. The van der Waals surface area contributed by atoms with Crippen molar-refractivity contribution in [2.24, 2.45) is 7.05 Å². The van der Waals surface area contributed by atoms with Crippen LogP contribution in [-0.4, -0.2) is 46.4 Å². The van der Waals surface area contributed by atoms with Crippen LogP contribution in [0, 0.1) is 0 Å². The quantitative estimate of drug-likeness (QED) is 0.312. The summed E-state index contributed by atoms with van der Waals surface area (Å²) in [5, 5.41) is 10.4. The van der Waals surface area contributed by atoms with Crippen LogP contribution >= 0.6 is 0 Å². The smallest absolute Gasteiger partial charge is 0.407 e. The Morgan fingerprint density at radius 1 is 1.11 bits per heavy atom. The van der Waals surface area contributed by atoms with Crippen molar-refractivity contribution >= 4 is 26.0 Å². The Labute approximate surface area is 227 Å². The second kappa shape index (κ2) is 11.7. The molecule has 0 aliphatic rings. The van der Waals surface area contributed by atoms with Gasteiger partial charge in [-0.05, 0) is 62.5 Å². The number of anilines is 2. The number of aryl methyl sites for hydroxylation is 1. The first-order valence-electron chi connectivity index (χ1n) is 12.9. The zero-order valence-electron chi connectivity index (χ0n) is 24.2. The van der Waals surface area contributed by atoms with Gasteiger partial charge < -0.3 is 19.8 Å². The van der Waals surface area contributed by atoms with E-state index in [0.29, 0.717) is 19.1 Å². The van der Waals surface area contributed by atoms with Gasteiger partial charge in [0.15, 0.2) is 8.32 Å². The summed E-state index contributed by atoms with van der Waals surface area (Å²) in [5.74, 6) is 0.495. The SMILES string of the molecule is Cn1cc(Nc2nccc(-c3ccc(CNC(=O)OC(C)(C)C)cc3CCO[Si](C)(C)C(C)(C)C)n2)cn1. The van der Waals surface area contributed by atoms with Crippen molar-refractivity contribution in [2.45, 2.75) is 78.2 Å². The lowest BCUT2D eigenvalue weighted by Gasteiger charge is -2.36. The molecule has 0 aliphatic heterocycles. The third-order valence-electron chi connectivity index (χ3n) is 6.54. The summed E-state index contributed by atoms with van der Waals surface area (Å²) in [5.41, 5.74) is 4.15. The summed E-state index contributed by atoms with van der Waals surface area (Å²) in [7, 11) is -0.0284. The maximum Gasteiger partial charge on any atom is 0.407 e. The second-order valence-electron chi connectivity index (χ2n) is 12.0. The molecule has 9 nitrogen and oxygen atoms in total. The van der Waals surface area contributed by atoms with Crippen LogP contribution in [0.5, 0.6) is 0 Å². The van der Waals surface area contributed by atoms with Crippen LogP contribution in [-0.2, 0) is 29.2 Å². The number of nitrogens with one attached hydrogen (secondary N) is 2. The van der Waals surface area contributed by atoms with Gasteiger partial charge in [-0.1, -0.05) is 39.0 Å². The number of carbonyl (C=O) groups is 1. The summed E-state index contributed by atoms with van der Waals surface area (Å²) >= 11 is 0. The highest BCUT2D eigenvalue weighted by molar-refractivity contribution is 6.74. The molecule has 1 amide bonds. The zero-order chi connectivity index (χ0) is 28.1. The number of aromatic nitrogens is 4. The van der Waals surface area contributed by atoms with Gasteiger partial charge in [-0.25, -0.2) is 14.8 Å². The molecule has 2 heterocycles. The molecule has 38 heavy (non-hydrogen) atoms. The van der Waals surface area contributed by atoms with Gasteiger partial charge in [0, 0.05) is 38.2 Å². The number of rotatable bonds is 9. The van der Waals surface area contributed by atoms with Gasteiger partial charge in [-0.3, -0.25) is 4.68 Å². The fraction of sp³-hybridized carbons (Fsp3) is 0.500. The molecule has 3 aromatic rings.